The summed E-state index contributed by atoms with van der Waals surface area (Å²) in [5.74, 6) is -1.15. The van der Waals surface area contributed by atoms with E-state index in [1.54, 1.807) is 31.3 Å². The van der Waals surface area contributed by atoms with Crippen molar-refractivity contribution in [3.63, 3.8) is 0 Å². The average molecular weight is 516 g/mol. The molecule has 1 saturated heterocycles. The summed E-state index contributed by atoms with van der Waals surface area (Å²) in [6.07, 6.45) is -1.69. The standard InChI is InChI=1S/C27H28F3N3O4/c1-15(17-5-4-6-18(24(17)28)25(29)30)32-22-7-10-31-23-14-19(16(2)34)21(13-20(22)23)27(37-3)8-11-33(12-9-27)26(35)36/h4-7,10,13-15,25H,8-9,11-12H2,1-3H3,(H,31,32)(H,35,36)/t15-/m1/s1. The van der Waals surface area contributed by atoms with Gasteiger partial charge in [-0.05, 0) is 50.5 Å². The van der Waals surface area contributed by atoms with Gasteiger partial charge in [-0.15, -0.1) is 0 Å². The molecule has 2 aromatic carbocycles. The number of anilines is 1. The normalized spacial score (nSPS) is 16.1. The lowest BCUT2D eigenvalue weighted by molar-refractivity contribution is -0.0585. The van der Waals surface area contributed by atoms with Crippen molar-refractivity contribution in [1.82, 2.24) is 9.88 Å². The maximum atomic E-state index is 14.8. The smallest absolute Gasteiger partial charge is 0.407 e. The highest BCUT2D eigenvalue weighted by Crippen LogP contribution is 2.41. The molecule has 0 unspecified atom stereocenters. The molecule has 10 heteroatoms. The lowest BCUT2D eigenvalue weighted by Crippen LogP contribution is -2.46. The van der Waals surface area contributed by atoms with Crippen LogP contribution in [0.25, 0.3) is 10.9 Å². The number of ketones is 1. The number of carboxylic acid groups (broad SMARTS) is 1. The lowest BCUT2D eigenvalue weighted by Gasteiger charge is -2.41. The highest BCUT2D eigenvalue weighted by Gasteiger charge is 2.40. The first-order chi connectivity index (χ1) is 17.6. The van der Waals surface area contributed by atoms with Crippen LogP contribution in [-0.2, 0) is 10.3 Å². The predicted octanol–water partition coefficient (Wildman–Crippen LogP) is 6.30. The zero-order valence-electron chi connectivity index (χ0n) is 20.7. The molecule has 1 aliphatic rings. The minimum Gasteiger partial charge on any atom is -0.465 e. The van der Waals surface area contributed by atoms with E-state index in [1.807, 2.05) is 0 Å². The molecular formula is C27H28F3N3O4. The van der Waals surface area contributed by atoms with Crippen LogP contribution in [0.5, 0.6) is 0 Å². The molecule has 0 bridgehead atoms. The number of nitrogens with one attached hydrogen (secondary N) is 1. The van der Waals surface area contributed by atoms with Gasteiger partial charge >= 0.3 is 6.09 Å². The topological polar surface area (TPSA) is 91.8 Å². The third-order valence-corrected chi connectivity index (χ3v) is 7.12. The molecule has 2 heterocycles. The van der Waals surface area contributed by atoms with E-state index < -0.39 is 35.5 Å². The van der Waals surface area contributed by atoms with Gasteiger partial charge in [-0.3, -0.25) is 9.78 Å². The van der Waals surface area contributed by atoms with Crippen LogP contribution in [0.4, 0.5) is 23.7 Å². The Labute approximate surface area is 212 Å². The highest BCUT2D eigenvalue weighted by atomic mass is 19.3. The number of amides is 1. The number of fused-ring (bicyclic) bond motifs is 1. The van der Waals surface area contributed by atoms with Crippen LogP contribution in [0.1, 0.15) is 66.2 Å². The van der Waals surface area contributed by atoms with Gasteiger partial charge in [-0.2, -0.15) is 0 Å². The Kier molecular flexibility index (Phi) is 7.40. The van der Waals surface area contributed by atoms with Crippen molar-refractivity contribution >= 4 is 28.5 Å². The van der Waals surface area contributed by atoms with E-state index in [1.165, 1.54) is 31.1 Å². The first-order valence-electron chi connectivity index (χ1n) is 11.9. The van der Waals surface area contributed by atoms with Crippen molar-refractivity contribution in [2.24, 2.45) is 0 Å². The molecule has 0 radical (unpaired) electrons. The molecule has 0 saturated carbocycles. The van der Waals surface area contributed by atoms with Gasteiger partial charge in [-0.1, -0.05) is 18.2 Å². The number of nitrogens with zero attached hydrogens (tertiary/aromatic N) is 2. The minimum absolute atomic E-state index is 0.0951. The van der Waals surface area contributed by atoms with Crippen LogP contribution >= 0.6 is 0 Å². The van der Waals surface area contributed by atoms with Gasteiger partial charge in [0.05, 0.1) is 22.7 Å². The summed E-state index contributed by atoms with van der Waals surface area (Å²) >= 11 is 0. The van der Waals surface area contributed by atoms with Crippen LogP contribution in [-0.4, -0.2) is 47.1 Å². The fraction of sp³-hybridized carbons (Fsp3) is 0.370. The van der Waals surface area contributed by atoms with Gasteiger partial charge in [0.1, 0.15) is 5.82 Å². The van der Waals surface area contributed by atoms with Gasteiger partial charge in [0.2, 0.25) is 0 Å². The van der Waals surface area contributed by atoms with E-state index in [2.05, 4.69) is 10.3 Å². The molecular weight excluding hydrogens is 487 g/mol. The fourth-order valence-electron chi connectivity index (χ4n) is 5.01. The van der Waals surface area contributed by atoms with Gasteiger partial charge in [0.15, 0.2) is 5.78 Å². The monoisotopic (exact) mass is 515 g/mol. The second-order valence-corrected chi connectivity index (χ2v) is 9.21. The average Bonchev–Trinajstić information content (AvgIpc) is 2.88. The van der Waals surface area contributed by atoms with Crippen molar-refractivity contribution in [2.75, 3.05) is 25.5 Å². The summed E-state index contributed by atoms with van der Waals surface area (Å²) < 4.78 is 47.2. The summed E-state index contributed by atoms with van der Waals surface area (Å²) in [4.78, 5) is 29.8. The second-order valence-electron chi connectivity index (χ2n) is 9.21. The third kappa shape index (κ3) is 4.98. The summed E-state index contributed by atoms with van der Waals surface area (Å²) in [6, 6.07) is 8.43. The lowest BCUT2D eigenvalue weighted by atomic mass is 9.80. The van der Waals surface area contributed by atoms with E-state index in [4.69, 9.17) is 4.74 Å². The molecule has 0 aliphatic carbocycles. The van der Waals surface area contributed by atoms with Crippen LogP contribution < -0.4 is 5.32 Å². The molecule has 3 aromatic rings. The number of rotatable bonds is 7. The number of alkyl halides is 2. The molecule has 196 valence electrons. The minimum atomic E-state index is -2.93. The Morgan fingerprint density at radius 2 is 1.84 bits per heavy atom. The number of carbonyl (C=O) groups excluding carboxylic acids is 1. The first kappa shape index (κ1) is 26.4. The number of likely N-dealkylation sites (tertiary alicyclic amines) is 1. The van der Waals surface area contributed by atoms with Gasteiger partial charge in [0, 0.05) is 48.6 Å². The molecule has 4 rings (SSSR count). The Morgan fingerprint density at radius 3 is 2.43 bits per heavy atom. The number of hydrogen-bond acceptors (Lipinski definition) is 5. The van der Waals surface area contributed by atoms with E-state index in [-0.39, 0.29) is 24.4 Å². The maximum absolute atomic E-state index is 14.8. The van der Waals surface area contributed by atoms with Crippen LogP contribution in [0.15, 0.2) is 42.6 Å². The van der Waals surface area contributed by atoms with Crippen LogP contribution in [0, 0.1) is 5.82 Å². The largest absolute Gasteiger partial charge is 0.465 e. The van der Waals surface area contributed by atoms with E-state index >= 15 is 0 Å². The van der Waals surface area contributed by atoms with Crippen molar-refractivity contribution in [3.8, 4) is 0 Å². The highest BCUT2D eigenvalue weighted by molar-refractivity contribution is 6.02. The van der Waals surface area contributed by atoms with Gasteiger partial charge < -0.3 is 20.1 Å². The Morgan fingerprint density at radius 1 is 1.16 bits per heavy atom. The molecule has 1 aromatic heterocycles. The molecule has 1 fully saturated rings. The molecule has 0 spiro atoms. The van der Waals surface area contributed by atoms with E-state index in [0.717, 1.165) is 6.07 Å². The number of pyridine rings is 1. The van der Waals surface area contributed by atoms with Crippen LogP contribution in [0.3, 0.4) is 0 Å². The molecule has 1 amide bonds. The molecule has 1 atom stereocenters. The summed E-state index contributed by atoms with van der Waals surface area (Å²) in [6.45, 7) is 3.60. The molecule has 1 aliphatic heterocycles. The quantitative estimate of drug-likeness (QED) is 0.359. The number of ether oxygens (including phenoxy) is 1. The van der Waals surface area contributed by atoms with E-state index in [9.17, 15) is 27.9 Å². The van der Waals surface area contributed by atoms with Gasteiger partial charge in [0.25, 0.3) is 6.43 Å². The number of halogens is 3. The maximum Gasteiger partial charge on any atom is 0.407 e. The van der Waals surface area contributed by atoms with Gasteiger partial charge in [-0.25, -0.2) is 18.0 Å². The predicted molar refractivity (Wildman–Crippen MR) is 133 cm³/mol. The van der Waals surface area contributed by atoms with Crippen molar-refractivity contribution < 1.29 is 32.6 Å². The zero-order chi connectivity index (χ0) is 26.9. The van der Waals surface area contributed by atoms with Crippen LogP contribution in [0.2, 0.25) is 0 Å². The Hall–Kier alpha value is -3.66. The number of carbonyl (C=O) groups is 2. The Balaban J connectivity index is 1.78. The number of Topliss-reactive ketones (excluding diaryl/α,β-unsaturated/α-hetero) is 1. The molecule has 2 N–H and O–H groups in total. The summed E-state index contributed by atoms with van der Waals surface area (Å²) in [7, 11) is 1.54. The number of hydrogen-bond donors (Lipinski definition) is 2. The molecule has 37 heavy (non-hydrogen) atoms. The number of piperidine rings is 1. The second kappa shape index (κ2) is 10.4. The SMILES string of the molecule is COC1(c2cc3c(N[C@H](C)c4cccc(C(F)F)c4F)ccnc3cc2C(C)=O)CCN(C(=O)O)CC1. The Bertz CT molecular complexity index is 1340. The first-order valence-corrected chi connectivity index (χ1v) is 11.9. The third-order valence-electron chi connectivity index (χ3n) is 7.12. The van der Waals surface area contributed by atoms with Crippen molar-refractivity contribution in [3.05, 3.63) is 70.7 Å². The van der Waals surface area contributed by atoms with E-state index in [0.29, 0.717) is 40.6 Å². The zero-order valence-corrected chi connectivity index (χ0v) is 20.7. The molecule has 7 nitrogen and oxygen atoms in total. The number of benzene rings is 2. The summed E-state index contributed by atoms with van der Waals surface area (Å²) in [5, 5.41) is 13.2. The van der Waals surface area contributed by atoms with Crippen molar-refractivity contribution in [1.29, 1.82) is 0 Å². The number of methoxy groups -OCH3 is 1. The number of aromatic nitrogens is 1. The summed E-state index contributed by atoms with van der Waals surface area (Å²) in [5.41, 5.74) is 0.678. The fourth-order valence-corrected chi connectivity index (χ4v) is 5.01. The van der Waals surface area contributed by atoms with Crippen molar-refractivity contribution in [2.45, 2.75) is 44.8 Å².